The van der Waals surface area contributed by atoms with Gasteiger partial charge in [0.15, 0.2) is 0 Å². The highest BCUT2D eigenvalue weighted by Gasteiger charge is 2.30. The summed E-state index contributed by atoms with van der Waals surface area (Å²) in [5.41, 5.74) is 1.42. The Bertz CT molecular complexity index is 805. The molecule has 0 bridgehead atoms. The molecular weight excluding hydrogens is 321 g/mol. The first-order valence-corrected chi connectivity index (χ1v) is 7.23. The zero-order chi connectivity index (χ0) is 17.3. The third kappa shape index (κ3) is 3.27. The molecular formula is C18H13F3O3. The summed E-state index contributed by atoms with van der Waals surface area (Å²) in [4.78, 5) is 11.2. The van der Waals surface area contributed by atoms with Crippen molar-refractivity contribution in [1.29, 1.82) is 0 Å². The number of benzene rings is 2. The average molecular weight is 334 g/mol. The van der Waals surface area contributed by atoms with Crippen molar-refractivity contribution >= 4 is 12.0 Å². The van der Waals surface area contributed by atoms with Gasteiger partial charge in [-0.1, -0.05) is 18.2 Å². The van der Waals surface area contributed by atoms with Crippen LogP contribution < -0.4 is 4.74 Å². The molecule has 0 unspecified atom stereocenters. The summed E-state index contributed by atoms with van der Waals surface area (Å²) in [5, 5.41) is 9.15. The van der Waals surface area contributed by atoms with Gasteiger partial charge in [0.1, 0.15) is 5.75 Å². The molecule has 0 fully saturated rings. The summed E-state index contributed by atoms with van der Waals surface area (Å²) in [6.07, 6.45) is -2.54. The van der Waals surface area contributed by atoms with Gasteiger partial charge in [0.2, 0.25) is 0 Å². The minimum atomic E-state index is -4.38. The fourth-order valence-electron chi connectivity index (χ4n) is 2.52. The molecule has 24 heavy (non-hydrogen) atoms. The van der Waals surface area contributed by atoms with Crippen molar-refractivity contribution in [3.05, 3.63) is 59.2 Å². The van der Waals surface area contributed by atoms with Crippen molar-refractivity contribution in [1.82, 2.24) is 0 Å². The van der Waals surface area contributed by atoms with E-state index in [1.807, 2.05) is 0 Å². The number of hydrogen-bond acceptors (Lipinski definition) is 2. The Balaban J connectivity index is 1.99. The highest BCUT2D eigenvalue weighted by Crippen LogP contribution is 2.33. The number of carbonyl (C=O) groups is 1. The van der Waals surface area contributed by atoms with Crippen LogP contribution in [0.3, 0.4) is 0 Å². The van der Waals surface area contributed by atoms with Crippen LogP contribution in [0.25, 0.3) is 17.2 Å². The van der Waals surface area contributed by atoms with E-state index in [0.29, 0.717) is 28.9 Å². The maximum atomic E-state index is 12.6. The largest absolute Gasteiger partial charge is 0.493 e. The number of carboxylic acids is 1. The summed E-state index contributed by atoms with van der Waals surface area (Å²) < 4.78 is 43.4. The SMILES string of the molecule is O=C(O)C1=Cc2cc(-c3ccc(C(F)(F)F)cc3)ccc2OCC1. The molecule has 0 spiro atoms. The van der Waals surface area contributed by atoms with Crippen molar-refractivity contribution in [3.63, 3.8) is 0 Å². The predicted octanol–water partition coefficient (Wildman–Crippen LogP) is 4.62. The lowest BCUT2D eigenvalue weighted by Gasteiger charge is -2.10. The molecule has 2 aromatic rings. The molecule has 0 saturated heterocycles. The van der Waals surface area contributed by atoms with Gasteiger partial charge in [-0.2, -0.15) is 13.2 Å². The van der Waals surface area contributed by atoms with Gasteiger partial charge in [-0.05, 0) is 41.5 Å². The van der Waals surface area contributed by atoms with Crippen LogP contribution in [0.4, 0.5) is 13.2 Å². The molecule has 0 aromatic heterocycles. The number of hydrogen-bond donors (Lipinski definition) is 1. The molecule has 3 nitrogen and oxygen atoms in total. The van der Waals surface area contributed by atoms with Gasteiger partial charge in [-0.15, -0.1) is 0 Å². The van der Waals surface area contributed by atoms with E-state index < -0.39 is 17.7 Å². The van der Waals surface area contributed by atoms with E-state index >= 15 is 0 Å². The zero-order valence-corrected chi connectivity index (χ0v) is 12.4. The topological polar surface area (TPSA) is 46.5 Å². The normalized spacial score (nSPS) is 14.2. The van der Waals surface area contributed by atoms with E-state index in [9.17, 15) is 18.0 Å². The van der Waals surface area contributed by atoms with Crippen molar-refractivity contribution in [2.24, 2.45) is 0 Å². The molecule has 3 rings (SSSR count). The van der Waals surface area contributed by atoms with Crippen LogP contribution in [0, 0.1) is 0 Å². The number of halogens is 3. The lowest BCUT2D eigenvalue weighted by Crippen LogP contribution is -2.04. The lowest BCUT2D eigenvalue weighted by molar-refractivity contribution is -0.137. The van der Waals surface area contributed by atoms with Gasteiger partial charge >= 0.3 is 12.1 Å². The van der Waals surface area contributed by atoms with Crippen molar-refractivity contribution in [3.8, 4) is 16.9 Å². The van der Waals surface area contributed by atoms with Crippen LogP contribution in [0.15, 0.2) is 48.0 Å². The molecule has 2 aromatic carbocycles. The third-order valence-electron chi connectivity index (χ3n) is 3.79. The van der Waals surface area contributed by atoms with E-state index in [1.165, 1.54) is 18.2 Å². The van der Waals surface area contributed by atoms with Gasteiger partial charge < -0.3 is 9.84 Å². The van der Waals surface area contributed by atoms with Crippen molar-refractivity contribution in [2.75, 3.05) is 6.61 Å². The Labute approximate surface area is 136 Å². The van der Waals surface area contributed by atoms with Crippen LogP contribution >= 0.6 is 0 Å². The molecule has 1 aliphatic rings. The van der Waals surface area contributed by atoms with Gasteiger partial charge in [-0.25, -0.2) is 4.79 Å². The average Bonchev–Trinajstić information content (AvgIpc) is 2.76. The molecule has 1 N–H and O–H groups in total. The lowest BCUT2D eigenvalue weighted by atomic mass is 10.00. The second-order valence-corrected chi connectivity index (χ2v) is 5.40. The highest BCUT2D eigenvalue weighted by atomic mass is 19.4. The van der Waals surface area contributed by atoms with Crippen LogP contribution in [0.2, 0.25) is 0 Å². The number of rotatable bonds is 2. The zero-order valence-electron chi connectivity index (χ0n) is 12.4. The van der Waals surface area contributed by atoms with E-state index in [1.54, 1.807) is 18.2 Å². The van der Waals surface area contributed by atoms with E-state index in [-0.39, 0.29) is 12.2 Å². The summed E-state index contributed by atoms with van der Waals surface area (Å²) >= 11 is 0. The smallest absolute Gasteiger partial charge is 0.416 e. The Kier molecular flexibility index (Phi) is 4.05. The third-order valence-corrected chi connectivity index (χ3v) is 3.79. The van der Waals surface area contributed by atoms with E-state index in [0.717, 1.165) is 12.1 Å². The predicted molar refractivity (Wildman–Crippen MR) is 82.6 cm³/mol. The van der Waals surface area contributed by atoms with Crippen molar-refractivity contribution in [2.45, 2.75) is 12.6 Å². The second-order valence-electron chi connectivity index (χ2n) is 5.40. The molecule has 0 amide bonds. The molecule has 0 aliphatic carbocycles. The van der Waals surface area contributed by atoms with Gasteiger partial charge in [0.25, 0.3) is 0 Å². The van der Waals surface area contributed by atoms with Gasteiger partial charge in [0.05, 0.1) is 12.2 Å². The van der Waals surface area contributed by atoms with Gasteiger partial charge in [0, 0.05) is 17.6 Å². The fourth-order valence-corrected chi connectivity index (χ4v) is 2.52. The number of carboxylic acid groups (broad SMARTS) is 1. The maximum Gasteiger partial charge on any atom is 0.416 e. The summed E-state index contributed by atoms with van der Waals surface area (Å²) in [7, 11) is 0. The molecule has 6 heteroatoms. The van der Waals surface area contributed by atoms with Crippen LogP contribution in [0.5, 0.6) is 5.75 Å². The molecule has 1 aliphatic heterocycles. The number of fused-ring (bicyclic) bond motifs is 1. The molecule has 1 heterocycles. The molecule has 0 radical (unpaired) electrons. The number of aliphatic carboxylic acids is 1. The van der Waals surface area contributed by atoms with E-state index in [2.05, 4.69) is 0 Å². The Morgan fingerprint density at radius 1 is 1.04 bits per heavy atom. The number of alkyl halides is 3. The number of ether oxygens (including phenoxy) is 1. The molecule has 0 saturated carbocycles. The standard InChI is InChI=1S/C18H13F3O3/c19-18(20,21)15-4-1-11(2-5-15)12-3-6-16-14(9-12)10-13(17(22)23)7-8-24-16/h1-6,9-10H,7-8H2,(H,22,23). The summed E-state index contributed by atoms with van der Waals surface area (Å²) in [6, 6.07) is 9.98. The second kappa shape index (κ2) is 6.03. The first-order valence-electron chi connectivity index (χ1n) is 7.23. The van der Waals surface area contributed by atoms with Gasteiger partial charge in [-0.3, -0.25) is 0 Å². The van der Waals surface area contributed by atoms with Crippen LogP contribution in [0.1, 0.15) is 17.5 Å². The highest BCUT2D eigenvalue weighted by molar-refractivity contribution is 5.93. The quantitative estimate of drug-likeness (QED) is 0.871. The van der Waals surface area contributed by atoms with Crippen LogP contribution in [-0.4, -0.2) is 17.7 Å². The summed E-state index contributed by atoms with van der Waals surface area (Å²) in [5.74, 6) is -0.451. The minimum Gasteiger partial charge on any atom is -0.493 e. The monoisotopic (exact) mass is 334 g/mol. The minimum absolute atomic E-state index is 0.235. The van der Waals surface area contributed by atoms with E-state index in [4.69, 9.17) is 9.84 Å². The molecule has 0 atom stereocenters. The fraction of sp³-hybridized carbons (Fsp3) is 0.167. The Morgan fingerprint density at radius 3 is 2.33 bits per heavy atom. The summed E-state index contributed by atoms with van der Waals surface area (Å²) in [6.45, 7) is 0.269. The Hall–Kier alpha value is -2.76. The molecule has 124 valence electrons. The van der Waals surface area contributed by atoms with Crippen molar-refractivity contribution < 1.29 is 27.8 Å². The first-order chi connectivity index (χ1) is 11.3. The Morgan fingerprint density at radius 2 is 1.71 bits per heavy atom. The maximum absolute atomic E-state index is 12.6. The first kappa shape index (κ1) is 16.1. The van der Waals surface area contributed by atoms with Crippen LogP contribution in [-0.2, 0) is 11.0 Å².